The van der Waals surface area contributed by atoms with Gasteiger partial charge in [0.05, 0.1) is 19.8 Å². The Kier molecular flexibility index (Phi) is 6.91. The predicted molar refractivity (Wildman–Crippen MR) is 98.0 cm³/mol. The number of rotatable bonds is 4. The summed E-state index contributed by atoms with van der Waals surface area (Å²) in [6, 6.07) is 0. The van der Waals surface area contributed by atoms with Crippen LogP contribution in [0.3, 0.4) is 0 Å². The summed E-state index contributed by atoms with van der Waals surface area (Å²) >= 11 is 0. The summed E-state index contributed by atoms with van der Waals surface area (Å²) in [5, 5.41) is 0. The van der Waals surface area contributed by atoms with E-state index >= 15 is 0 Å². The van der Waals surface area contributed by atoms with Crippen molar-refractivity contribution in [3.8, 4) is 0 Å². The summed E-state index contributed by atoms with van der Waals surface area (Å²) in [5.41, 5.74) is 0.844. The van der Waals surface area contributed by atoms with Gasteiger partial charge in [-0.1, -0.05) is 20.8 Å². The molecule has 8 heteroatoms. The summed E-state index contributed by atoms with van der Waals surface area (Å²) in [6.07, 6.45) is 10.8. The molecule has 2 aliphatic rings. The average Bonchev–Trinajstić information content (AvgIpc) is 2.98. The number of imidazole rings is 1. The molecule has 1 heterocycles. The molecule has 0 unspecified atom stereocenters. The van der Waals surface area contributed by atoms with E-state index in [-0.39, 0.29) is 0 Å². The fourth-order valence-corrected chi connectivity index (χ4v) is 4.32. The third-order valence-corrected chi connectivity index (χ3v) is 6.21. The summed E-state index contributed by atoms with van der Waals surface area (Å²) in [6.45, 7) is 9.12. The van der Waals surface area contributed by atoms with Gasteiger partial charge < -0.3 is 4.74 Å². The maximum absolute atomic E-state index is 6.26. The molecule has 2 fully saturated rings. The minimum absolute atomic E-state index is 0.388. The van der Waals surface area contributed by atoms with Gasteiger partial charge in [-0.05, 0) is 36.0 Å². The van der Waals surface area contributed by atoms with Gasteiger partial charge in [-0.2, -0.15) is 0 Å². The Hall–Kier alpha value is 0.849. The van der Waals surface area contributed by atoms with E-state index in [1.54, 1.807) is 0 Å². The number of hydrogen-bond donors (Lipinski definition) is 0. The van der Waals surface area contributed by atoms with Crippen molar-refractivity contribution in [2.45, 2.75) is 52.7 Å². The third kappa shape index (κ3) is 4.97. The van der Waals surface area contributed by atoms with Crippen LogP contribution >= 0.6 is 40.4 Å². The molecule has 1 aromatic heterocycles. The number of hydrogen-bond acceptors (Lipinski definition) is 1. The minimum atomic E-state index is -2.61. The molecule has 3 atom stereocenters. The second kappa shape index (κ2) is 7.84. The molecule has 2 bridgehead atoms. The Morgan fingerprint density at radius 1 is 1.25 bits per heavy atom. The van der Waals surface area contributed by atoms with E-state index in [1.165, 1.54) is 19.3 Å². The summed E-state index contributed by atoms with van der Waals surface area (Å²) in [4.78, 5) is 0. The Balaban J connectivity index is 0.000000368. The van der Waals surface area contributed by atoms with Crippen LogP contribution in [0.4, 0.5) is 0 Å². The van der Waals surface area contributed by atoms with Gasteiger partial charge in [0.1, 0.15) is 18.9 Å². The topological polar surface area (TPSA) is 18.0 Å². The van der Waals surface area contributed by atoms with Crippen LogP contribution in [-0.2, 0) is 27.5 Å². The van der Waals surface area contributed by atoms with E-state index < -0.39 is 9.20 Å². The molecule has 3 rings (SSSR count). The molecule has 2 saturated carbocycles. The van der Waals surface area contributed by atoms with Crippen LogP contribution in [0.25, 0.3) is 0 Å². The molecule has 143 valence electrons. The van der Waals surface area contributed by atoms with E-state index in [4.69, 9.17) is 45.1 Å². The first kappa shape index (κ1) is 21.2. The van der Waals surface area contributed by atoms with Crippen LogP contribution in [0.2, 0.25) is 0 Å². The molecular weight excluding hydrogens is 434 g/mol. The van der Waals surface area contributed by atoms with Gasteiger partial charge in [0.25, 0.3) is 0 Å². The van der Waals surface area contributed by atoms with Gasteiger partial charge in [-0.25, -0.2) is 9.13 Å². The Labute approximate surface area is 164 Å². The van der Waals surface area contributed by atoms with E-state index in [2.05, 4.69) is 55.7 Å². The predicted octanol–water partition coefficient (Wildman–Crippen LogP) is 5.30. The van der Waals surface area contributed by atoms with Crippen molar-refractivity contribution in [1.29, 1.82) is 0 Å². The van der Waals surface area contributed by atoms with Gasteiger partial charge in [-0.3, -0.25) is 0 Å². The molecule has 24 heavy (non-hydrogen) atoms. The number of nitrogens with zero attached hydrogens (tertiary/aromatic N) is 2. The normalized spacial score (nSPS) is 31.7. The summed E-state index contributed by atoms with van der Waals surface area (Å²) < 4.78 is 10.5. The second-order valence-corrected chi connectivity index (χ2v) is 18.5. The second-order valence-electron chi connectivity index (χ2n) is 7.59. The van der Waals surface area contributed by atoms with Gasteiger partial charge in [0.15, 0.2) is 0 Å². The fourth-order valence-electron chi connectivity index (χ4n) is 4.32. The van der Waals surface area contributed by atoms with Crippen LogP contribution in [0.15, 0.2) is 18.7 Å². The number of aryl methyl sites for hydroxylation is 1. The zero-order valence-corrected chi connectivity index (χ0v) is 18.7. The number of fused-ring (bicyclic) bond motifs is 2. The van der Waals surface area contributed by atoms with Gasteiger partial charge in [0.2, 0.25) is 6.33 Å². The molecule has 0 aliphatic heterocycles. The van der Waals surface area contributed by atoms with Crippen molar-refractivity contribution >= 4 is 40.4 Å². The van der Waals surface area contributed by atoms with Crippen LogP contribution in [0.5, 0.6) is 0 Å². The average molecular weight is 461 g/mol. The van der Waals surface area contributed by atoms with Gasteiger partial charge >= 0.3 is 49.6 Å². The SMILES string of the molecule is C[n+]1ccn(CCO[C@H]2C[C@@H]3CC[C@@]2(C)C3(C)C)c1.[Cl][Fe-]([Cl])([Cl])[Cl]. The molecule has 0 amide bonds. The fraction of sp³-hybridized carbons (Fsp3) is 0.812. The molecular formula is C16H27Cl4FeN2O. The molecule has 0 saturated heterocycles. The zero-order valence-electron chi connectivity index (χ0n) is 14.6. The number of ether oxygens (including phenoxy) is 1. The first-order chi connectivity index (χ1) is 10.9. The van der Waals surface area contributed by atoms with Crippen molar-refractivity contribution < 1.29 is 18.5 Å². The standard InChI is InChI=1S/C16H27N2O.4ClH.Fe/c1-15(2)13-5-6-16(15,3)14(11-13)19-10-9-18-8-7-17(4)12-18;;;;;/h7-8,12-14H,5-6,9-11H2,1-4H3;4*1H;/q+1;;;;;+3/p-4/t13-,14-,16+;;;;;/m0...../s1. The van der Waals surface area contributed by atoms with Crippen molar-refractivity contribution in [3.05, 3.63) is 18.7 Å². The van der Waals surface area contributed by atoms with Crippen LogP contribution < -0.4 is 4.57 Å². The maximum atomic E-state index is 6.26. The van der Waals surface area contributed by atoms with Gasteiger partial charge in [-0.15, -0.1) is 0 Å². The Morgan fingerprint density at radius 2 is 1.88 bits per heavy atom. The Bertz CT molecular complexity index is 555. The number of halogens is 4. The quantitative estimate of drug-likeness (QED) is 0.440. The van der Waals surface area contributed by atoms with Crippen molar-refractivity contribution in [2.24, 2.45) is 23.8 Å². The third-order valence-electron chi connectivity index (χ3n) is 6.21. The molecule has 0 spiro atoms. The molecule has 0 radical (unpaired) electrons. The first-order valence-corrected chi connectivity index (χ1v) is 14.2. The van der Waals surface area contributed by atoms with E-state index in [0.29, 0.717) is 16.9 Å². The first-order valence-electron chi connectivity index (χ1n) is 8.09. The van der Waals surface area contributed by atoms with Gasteiger partial charge in [0, 0.05) is 0 Å². The van der Waals surface area contributed by atoms with E-state index in [9.17, 15) is 0 Å². The van der Waals surface area contributed by atoms with Crippen molar-refractivity contribution in [2.75, 3.05) is 6.61 Å². The Morgan fingerprint density at radius 3 is 2.29 bits per heavy atom. The summed E-state index contributed by atoms with van der Waals surface area (Å²) in [5.74, 6) is 0.867. The van der Waals surface area contributed by atoms with E-state index in [0.717, 1.165) is 19.1 Å². The van der Waals surface area contributed by atoms with Crippen LogP contribution in [0.1, 0.15) is 40.0 Å². The zero-order chi connectivity index (χ0) is 18.2. The molecule has 0 N–H and O–H groups in total. The van der Waals surface area contributed by atoms with Crippen LogP contribution in [-0.4, -0.2) is 17.3 Å². The molecule has 0 aromatic carbocycles. The van der Waals surface area contributed by atoms with Crippen molar-refractivity contribution in [3.63, 3.8) is 0 Å². The molecule has 3 nitrogen and oxygen atoms in total. The van der Waals surface area contributed by atoms with Crippen LogP contribution in [0, 0.1) is 16.7 Å². The molecule has 2 aliphatic carbocycles. The number of aromatic nitrogens is 2. The van der Waals surface area contributed by atoms with E-state index in [1.807, 2.05) is 0 Å². The molecule has 1 aromatic rings. The summed E-state index contributed by atoms with van der Waals surface area (Å²) in [7, 11) is 19.2. The monoisotopic (exact) mass is 459 g/mol. The van der Waals surface area contributed by atoms with Crippen molar-refractivity contribution in [1.82, 2.24) is 4.57 Å².